The van der Waals surface area contributed by atoms with E-state index in [9.17, 15) is 4.79 Å². The summed E-state index contributed by atoms with van der Waals surface area (Å²) in [5.41, 5.74) is 2.00. The first-order chi connectivity index (χ1) is 14.5. The summed E-state index contributed by atoms with van der Waals surface area (Å²) in [6, 6.07) is 15.2. The van der Waals surface area contributed by atoms with Gasteiger partial charge in [-0.1, -0.05) is 12.1 Å². The average Bonchev–Trinajstić information content (AvgIpc) is 3.37. The number of methoxy groups -OCH3 is 1. The van der Waals surface area contributed by atoms with E-state index in [0.29, 0.717) is 23.9 Å². The van der Waals surface area contributed by atoms with E-state index in [0.717, 1.165) is 18.3 Å². The van der Waals surface area contributed by atoms with Crippen molar-refractivity contribution in [2.75, 3.05) is 7.11 Å². The molecule has 2 heterocycles. The predicted molar refractivity (Wildman–Crippen MR) is 129 cm³/mol. The van der Waals surface area contributed by atoms with E-state index in [1.165, 1.54) is 6.26 Å². The van der Waals surface area contributed by atoms with Crippen molar-refractivity contribution in [2.45, 2.75) is 6.61 Å². The van der Waals surface area contributed by atoms with Gasteiger partial charge >= 0.3 is 5.97 Å². The highest BCUT2D eigenvalue weighted by molar-refractivity contribution is 14.1. The van der Waals surface area contributed by atoms with Crippen molar-refractivity contribution >= 4 is 63.1 Å². The molecule has 0 N–H and O–H groups in total. The van der Waals surface area contributed by atoms with Crippen LogP contribution in [0.25, 0.3) is 6.08 Å². The second kappa shape index (κ2) is 9.21. The monoisotopic (exact) mass is 627 g/mol. The van der Waals surface area contributed by atoms with Crippen LogP contribution in [0, 0.1) is 7.14 Å². The van der Waals surface area contributed by atoms with Crippen LogP contribution in [-0.2, 0) is 16.1 Å². The summed E-state index contributed by atoms with van der Waals surface area (Å²) in [5, 5.41) is 0. The lowest BCUT2D eigenvalue weighted by molar-refractivity contribution is -0.130. The Morgan fingerprint density at radius 2 is 2.00 bits per heavy atom. The van der Waals surface area contributed by atoms with Crippen molar-refractivity contribution in [3.63, 3.8) is 0 Å². The smallest absolute Gasteiger partial charge is 0.363 e. The van der Waals surface area contributed by atoms with Gasteiger partial charge in [-0.15, -0.1) is 0 Å². The van der Waals surface area contributed by atoms with Gasteiger partial charge in [0.15, 0.2) is 23.0 Å². The number of hydrogen-bond acceptors (Lipinski definition) is 6. The molecule has 0 saturated heterocycles. The van der Waals surface area contributed by atoms with Crippen LogP contribution < -0.4 is 9.47 Å². The van der Waals surface area contributed by atoms with Crippen molar-refractivity contribution in [1.29, 1.82) is 0 Å². The number of benzene rings is 2. The van der Waals surface area contributed by atoms with Crippen molar-refractivity contribution in [2.24, 2.45) is 4.99 Å². The topological polar surface area (TPSA) is 70.3 Å². The molecule has 152 valence electrons. The molecule has 0 saturated carbocycles. The number of carbonyl (C=O) groups excluding carboxylic acids is 1. The van der Waals surface area contributed by atoms with Gasteiger partial charge in [0, 0.05) is 3.57 Å². The number of esters is 1. The van der Waals surface area contributed by atoms with E-state index >= 15 is 0 Å². The van der Waals surface area contributed by atoms with Gasteiger partial charge in [-0.05, 0) is 98.8 Å². The molecular formula is C22H15I2NO5. The Hall–Kier alpha value is -2.34. The van der Waals surface area contributed by atoms with Gasteiger partial charge < -0.3 is 18.6 Å². The minimum atomic E-state index is -0.533. The summed E-state index contributed by atoms with van der Waals surface area (Å²) in [6.07, 6.45) is 3.14. The molecule has 1 aromatic heterocycles. The zero-order valence-corrected chi connectivity index (χ0v) is 20.0. The summed E-state index contributed by atoms with van der Waals surface area (Å²) >= 11 is 4.46. The Kier molecular flexibility index (Phi) is 6.42. The highest BCUT2D eigenvalue weighted by Gasteiger charge is 2.26. The highest BCUT2D eigenvalue weighted by Crippen LogP contribution is 2.35. The number of halogens is 2. The van der Waals surface area contributed by atoms with Crippen molar-refractivity contribution in [3.8, 4) is 11.5 Å². The molecule has 3 aromatic rings. The quantitative estimate of drug-likeness (QED) is 0.208. The van der Waals surface area contributed by atoms with E-state index in [-0.39, 0.29) is 11.6 Å². The number of carbonyl (C=O) groups is 1. The fourth-order valence-electron chi connectivity index (χ4n) is 2.82. The molecular weight excluding hydrogens is 612 g/mol. The van der Waals surface area contributed by atoms with Crippen LogP contribution in [-0.4, -0.2) is 19.0 Å². The third kappa shape index (κ3) is 4.69. The van der Waals surface area contributed by atoms with Crippen LogP contribution in [0.1, 0.15) is 16.9 Å². The zero-order chi connectivity index (χ0) is 21.1. The number of nitrogens with zero attached hydrogens (tertiary/aromatic N) is 1. The summed E-state index contributed by atoms with van der Waals surface area (Å²) < 4.78 is 24.0. The molecule has 30 heavy (non-hydrogen) atoms. The predicted octanol–water partition coefficient (Wildman–Crippen LogP) is 5.42. The van der Waals surface area contributed by atoms with Crippen molar-refractivity contribution in [1.82, 2.24) is 0 Å². The standard InChI is InChI=1S/C22H15I2NO5/c1-27-19-11-14(10-17-22(26)30-21(25-17)18-6-3-7-28-18)9-16(24)20(19)29-12-13-4-2-5-15(23)8-13/h2-11H,12H2,1H3/b17-10-. The molecule has 0 amide bonds. The van der Waals surface area contributed by atoms with E-state index in [4.69, 9.17) is 18.6 Å². The molecule has 1 aliphatic heterocycles. The average molecular weight is 627 g/mol. The Balaban J connectivity index is 1.59. The Morgan fingerprint density at radius 1 is 1.13 bits per heavy atom. The first-order valence-electron chi connectivity index (χ1n) is 8.84. The Morgan fingerprint density at radius 3 is 2.73 bits per heavy atom. The minimum Gasteiger partial charge on any atom is -0.493 e. The maximum atomic E-state index is 12.2. The summed E-state index contributed by atoms with van der Waals surface area (Å²) in [4.78, 5) is 16.4. The van der Waals surface area contributed by atoms with E-state index in [1.807, 2.05) is 24.3 Å². The van der Waals surface area contributed by atoms with Gasteiger partial charge in [-0.25, -0.2) is 9.79 Å². The number of hydrogen-bond donors (Lipinski definition) is 0. The normalized spacial score (nSPS) is 14.6. The van der Waals surface area contributed by atoms with Crippen LogP contribution in [0.4, 0.5) is 0 Å². The van der Waals surface area contributed by atoms with E-state index in [1.54, 1.807) is 31.4 Å². The van der Waals surface area contributed by atoms with Crippen LogP contribution >= 0.6 is 45.2 Å². The van der Waals surface area contributed by atoms with Gasteiger partial charge in [0.05, 0.1) is 16.9 Å². The Bertz CT molecular complexity index is 1150. The summed E-state index contributed by atoms with van der Waals surface area (Å²) in [5.74, 6) is 1.23. The molecule has 0 bridgehead atoms. The van der Waals surface area contributed by atoms with Gasteiger partial charge in [0.25, 0.3) is 5.90 Å². The van der Waals surface area contributed by atoms with Gasteiger partial charge in [0.2, 0.25) is 0 Å². The third-order valence-electron chi connectivity index (χ3n) is 4.18. The van der Waals surface area contributed by atoms with Crippen LogP contribution in [0.15, 0.2) is 69.9 Å². The first-order valence-corrected chi connectivity index (χ1v) is 11.0. The number of ether oxygens (including phenoxy) is 3. The molecule has 0 unspecified atom stereocenters. The second-order valence-electron chi connectivity index (χ2n) is 6.27. The zero-order valence-electron chi connectivity index (χ0n) is 15.7. The number of cyclic esters (lactones) is 1. The molecule has 4 rings (SSSR count). The molecule has 6 nitrogen and oxygen atoms in total. The lowest BCUT2D eigenvalue weighted by Gasteiger charge is -2.14. The SMILES string of the molecule is COc1cc(/C=C2\N=C(c3ccco3)OC2=O)cc(I)c1OCc1cccc(I)c1. The first kappa shape index (κ1) is 20.9. The molecule has 0 aliphatic carbocycles. The van der Waals surface area contributed by atoms with Crippen LogP contribution in [0.5, 0.6) is 11.5 Å². The molecule has 8 heteroatoms. The lowest BCUT2D eigenvalue weighted by atomic mass is 10.1. The summed E-state index contributed by atoms with van der Waals surface area (Å²) in [7, 11) is 1.58. The Labute approximate surface area is 200 Å². The van der Waals surface area contributed by atoms with Gasteiger partial charge in [0.1, 0.15) is 6.61 Å². The van der Waals surface area contributed by atoms with Crippen LogP contribution in [0.3, 0.4) is 0 Å². The van der Waals surface area contributed by atoms with Crippen molar-refractivity contribution < 1.29 is 23.4 Å². The minimum absolute atomic E-state index is 0.148. The fourth-order valence-corrected chi connectivity index (χ4v) is 4.21. The van der Waals surface area contributed by atoms with Gasteiger partial charge in [-0.2, -0.15) is 0 Å². The lowest BCUT2D eigenvalue weighted by Crippen LogP contribution is -2.04. The number of rotatable bonds is 6. The van der Waals surface area contributed by atoms with E-state index < -0.39 is 5.97 Å². The third-order valence-corrected chi connectivity index (χ3v) is 5.65. The van der Waals surface area contributed by atoms with Gasteiger partial charge in [-0.3, -0.25) is 0 Å². The van der Waals surface area contributed by atoms with Crippen LogP contribution in [0.2, 0.25) is 0 Å². The van der Waals surface area contributed by atoms with Crippen molar-refractivity contribution in [3.05, 3.63) is 84.5 Å². The van der Waals surface area contributed by atoms with E-state index in [2.05, 4.69) is 56.2 Å². The maximum Gasteiger partial charge on any atom is 0.363 e. The molecule has 0 fully saturated rings. The number of aliphatic imine (C=N–C) groups is 1. The molecule has 2 aromatic carbocycles. The molecule has 0 spiro atoms. The maximum absolute atomic E-state index is 12.2. The summed E-state index contributed by atoms with van der Waals surface area (Å²) in [6.45, 7) is 0.423. The molecule has 1 aliphatic rings. The molecule has 0 radical (unpaired) electrons. The largest absolute Gasteiger partial charge is 0.493 e. The fraction of sp³-hybridized carbons (Fsp3) is 0.0909. The second-order valence-corrected chi connectivity index (χ2v) is 8.67. The molecule has 0 atom stereocenters. The number of furan rings is 1. The highest BCUT2D eigenvalue weighted by atomic mass is 127.